The van der Waals surface area contributed by atoms with Crippen LogP contribution in [0, 0.1) is 0 Å². The molecule has 0 saturated carbocycles. The van der Waals surface area contributed by atoms with Gasteiger partial charge in [0.05, 0.1) is 18.0 Å². The lowest BCUT2D eigenvalue weighted by Crippen LogP contribution is -2.31. The highest BCUT2D eigenvalue weighted by Crippen LogP contribution is 2.32. The third kappa shape index (κ3) is 4.40. The van der Waals surface area contributed by atoms with E-state index in [0.717, 1.165) is 24.0 Å². The van der Waals surface area contributed by atoms with Crippen LogP contribution in [-0.4, -0.2) is 27.4 Å². The molecule has 0 radical (unpaired) electrons. The number of rotatable bonds is 6. The number of hydrogen-bond donors (Lipinski definition) is 0. The predicted molar refractivity (Wildman–Crippen MR) is 122 cm³/mol. The van der Waals surface area contributed by atoms with Crippen LogP contribution < -0.4 is 0 Å². The van der Waals surface area contributed by atoms with E-state index in [4.69, 9.17) is 0 Å². The summed E-state index contributed by atoms with van der Waals surface area (Å²) >= 11 is 1.52. The van der Waals surface area contributed by atoms with Crippen molar-refractivity contribution in [3.63, 3.8) is 0 Å². The van der Waals surface area contributed by atoms with Crippen molar-refractivity contribution < 1.29 is 4.79 Å². The van der Waals surface area contributed by atoms with Crippen LogP contribution in [0.4, 0.5) is 0 Å². The average molecular weight is 402 g/mol. The van der Waals surface area contributed by atoms with Crippen molar-refractivity contribution in [3.8, 4) is 0 Å². The van der Waals surface area contributed by atoms with Gasteiger partial charge in [0.15, 0.2) is 5.17 Å². The Morgan fingerprint density at radius 3 is 2.59 bits per heavy atom. The van der Waals surface area contributed by atoms with Gasteiger partial charge in [0.1, 0.15) is 0 Å². The van der Waals surface area contributed by atoms with Crippen LogP contribution in [0.5, 0.6) is 0 Å². The summed E-state index contributed by atoms with van der Waals surface area (Å²) in [5.41, 5.74) is 2.10. The predicted octanol–water partition coefficient (Wildman–Crippen LogP) is 5.47. The molecule has 0 spiro atoms. The number of benzene rings is 3. The van der Waals surface area contributed by atoms with E-state index in [1.54, 1.807) is 11.1 Å². The summed E-state index contributed by atoms with van der Waals surface area (Å²) in [6.07, 6.45) is 3.53. The number of nitrogens with zero attached hydrogens (tertiary/aromatic N) is 3. The largest absolute Gasteiger partial charge is 0.284 e. The normalized spacial score (nSPS) is 18.4. The van der Waals surface area contributed by atoms with E-state index in [1.165, 1.54) is 22.5 Å². The summed E-state index contributed by atoms with van der Waals surface area (Å²) in [4.78, 5) is 14.8. The Morgan fingerprint density at radius 2 is 1.76 bits per heavy atom. The van der Waals surface area contributed by atoms with Crippen molar-refractivity contribution in [1.29, 1.82) is 0 Å². The number of hydrogen-bond acceptors (Lipinski definition) is 4. The minimum Gasteiger partial charge on any atom is -0.284 e. The van der Waals surface area contributed by atoms with Gasteiger partial charge in [-0.25, -0.2) is 0 Å². The van der Waals surface area contributed by atoms with Gasteiger partial charge in [0.2, 0.25) is 5.91 Å². The van der Waals surface area contributed by atoms with Crippen molar-refractivity contribution in [2.75, 3.05) is 0 Å². The highest BCUT2D eigenvalue weighted by molar-refractivity contribution is 8.15. The van der Waals surface area contributed by atoms with Crippen LogP contribution in [0.15, 0.2) is 83.0 Å². The van der Waals surface area contributed by atoms with Gasteiger partial charge in [0.25, 0.3) is 0 Å². The van der Waals surface area contributed by atoms with Crippen LogP contribution in [-0.2, 0) is 11.3 Å². The highest BCUT2D eigenvalue weighted by Gasteiger charge is 2.37. The minimum absolute atomic E-state index is 0.0827. The zero-order valence-corrected chi connectivity index (χ0v) is 17.2. The van der Waals surface area contributed by atoms with Crippen LogP contribution in [0.2, 0.25) is 0 Å². The summed E-state index contributed by atoms with van der Waals surface area (Å²) in [5.74, 6) is 0.124. The molecule has 4 nitrogen and oxygen atoms in total. The summed E-state index contributed by atoms with van der Waals surface area (Å²) < 4.78 is 0. The van der Waals surface area contributed by atoms with Crippen molar-refractivity contribution in [2.24, 2.45) is 10.2 Å². The zero-order valence-electron chi connectivity index (χ0n) is 16.4. The fraction of sp³-hybridized carbons (Fsp3) is 0.208. The molecule has 3 aromatic carbocycles. The molecule has 0 aliphatic carbocycles. The molecule has 4 rings (SSSR count). The van der Waals surface area contributed by atoms with Gasteiger partial charge in [-0.05, 0) is 28.3 Å². The fourth-order valence-electron chi connectivity index (χ4n) is 3.46. The SMILES string of the molecule is CCC[C@@H]1S/C(=N/N=C\c2ccccc2)N(Cc2cccc3ccccc23)C1=O. The molecule has 1 aliphatic rings. The molecule has 0 aromatic heterocycles. The summed E-state index contributed by atoms with van der Waals surface area (Å²) in [5, 5.41) is 11.6. The van der Waals surface area contributed by atoms with Gasteiger partial charge >= 0.3 is 0 Å². The number of carbonyl (C=O) groups excluding carboxylic acids is 1. The molecule has 1 saturated heterocycles. The van der Waals surface area contributed by atoms with Crippen LogP contribution in [0.25, 0.3) is 10.8 Å². The summed E-state index contributed by atoms with van der Waals surface area (Å²) in [7, 11) is 0. The number of fused-ring (bicyclic) bond motifs is 1. The number of amidine groups is 1. The highest BCUT2D eigenvalue weighted by atomic mass is 32.2. The fourth-order valence-corrected chi connectivity index (χ4v) is 4.67. The molecule has 1 aliphatic heterocycles. The maximum absolute atomic E-state index is 13.1. The van der Waals surface area contributed by atoms with Crippen LogP contribution in [0.1, 0.15) is 30.9 Å². The molecular weight excluding hydrogens is 378 g/mol. The molecule has 5 heteroatoms. The number of amides is 1. The lowest BCUT2D eigenvalue weighted by Gasteiger charge is -2.17. The third-order valence-electron chi connectivity index (χ3n) is 4.93. The van der Waals surface area contributed by atoms with Gasteiger partial charge in [-0.15, -0.1) is 5.10 Å². The average Bonchev–Trinajstić information content (AvgIpc) is 3.04. The lowest BCUT2D eigenvalue weighted by atomic mass is 10.0. The Bertz CT molecular complexity index is 1060. The second-order valence-electron chi connectivity index (χ2n) is 7.00. The molecule has 1 amide bonds. The Morgan fingerprint density at radius 1 is 1.00 bits per heavy atom. The Labute approximate surface area is 175 Å². The van der Waals surface area contributed by atoms with E-state index in [-0.39, 0.29) is 11.2 Å². The maximum Gasteiger partial charge on any atom is 0.242 e. The topological polar surface area (TPSA) is 45.0 Å². The monoisotopic (exact) mass is 401 g/mol. The van der Waals surface area contributed by atoms with Gasteiger partial charge in [0, 0.05) is 0 Å². The van der Waals surface area contributed by atoms with E-state index < -0.39 is 0 Å². The Kier molecular flexibility index (Phi) is 6.06. The summed E-state index contributed by atoms with van der Waals surface area (Å²) in [6, 6.07) is 24.3. The van der Waals surface area contributed by atoms with E-state index in [1.807, 2.05) is 48.5 Å². The first-order valence-corrected chi connectivity index (χ1v) is 10.7. The Balaban J connectivity index is 1.63. The van der Waals surface area contributed by atoms with Crippen molar-refractivity contribution in [2.45, 2.75) is 31.6 Å². The van der Waals surface area contributed by atoms with Crippen LogP contribution in [0.3, 0.4) is 0 Å². The molecular formula is C24H23N3OS. The maximum atomic E-state index is 13.1. The molecule has 0 bridgehead atoms. The molecule has 146 valence electrons. The smallest absolute Gasteiger partial charge is 0.242 e. The van der Waals surface area contributed by atoms with E-state index >= 15 is 0 Å². The second kappa shape index (κ2) is 9.05. The number of thioether (sulfide) groups is 1. The lowest BCUT2D eigenvalue weighted by molar-refractivity contribution is -0.126. The minimum atomic E-state index is -0.0827. The van der Waals surface area contributed by atoms with E-state index in [2.05, 4.69) is 41.4 Å². The quantitative estimate of drug-likeness (QED) is 0.406. The van der Waals surface area contributed by atoms with E-state index in [0.29, 0.717) is 11.7 Å². The molecule has 29 heavy (non-hydrogen) atoms. The van der Waals surface area contributed by atoms with Crippen LogP contribution >= 0.6 is 11.8 Å². The van der Waals surface area contributed by atoms with Gasteiger partial charge in [-0.3, -0.25) is 9.69 Å². The third-order valence-corrected chi connectivity index (χ3v) is 6.16. The number of carbonyl (C=O) groups is 1. The van der Waals surface area contributed by atoms with Crippen molar-refractivity contribution in [3.05, 3.63) is 83.9 Å². The van der Waals surface area contributed by atoms with Gasteiger partial charge in [-0.1, -0.05) is 97.9 Å². The zero-order chi connectivity index (χ0) is 20.1. The molecule has 1 heterocycles. The molecule has 3 aromatic rings. The van der Waals surface area contributed by atoms with Gasteiger partial charge in [-0.2, -0.15) is 5.10 Å². The first kappa shape index (κ1) is 19.4. The van der Waals surface area contributed by atoms with Gasteiger partial charge < -0.3 is 0 Å². The first-order chi connectivity index (χ1) is 14.3. The Hall–Kier alpha value is -2.92. The second-order valence-corrected chi connectivity index (χ2v) is 8.17. The van der Waals surface area contributed by atoms with Crippen molar-refractivity contribution >= 4 is 39.8 Å². The molecule has 1 atom stereocenters. The molecule has 1 fully saturated rings. The molecule has 0 unspecified atom stereocenters. The van der Waals surface area contributed by atoms with E-state index in [9.17, 15) is 4.79 Å². The summed E-state index contributed by atoms with van der Waals surface area (Å²) in [6.45, 7) is 2.61. The standard InChI is InChI=1S/C24H23N3OS/c1-2-9-22-23(28)27(17-20-14-8-13-19-12-6-7-15-21(19)20)24(29-22)26-25-16-18-10-4-3-5-11-18/h3-8,10-16,22H,2,9,17H2,1H3/b25-16-,26-24+/t22-/m0/s1. The molecule has 0 N–H and O–H groups in total. The van der Waals surface area contributed by atoms with Crippen molar-refractivity contribution in [1.82, 2.24) is 4.90 Å². The first-order valence-electron chi connectivity index (χ1n) is 9.87.